The van der Waals surface area contributed by atoms with Crippen molar-refractivity contribution >= 4 is 22.9 Å². The Morgan fingerprint density at radius 1 is 1.57 bits per heavy atom. The third kappa shape index (κ3) is 3.56. The van der Waals surface area contributed by atoms with Crippen molar-refractivity contribution in [3.63, 3.8) is 0 Å². The minimum Gasteiger partial charge on any atom is -0.293 e. The molecule has 0 aliphatic carbocycles. The van der Waals surface area contributed by atoms with Crippen LogP contribution in [0.15, 0.2) is 5.38 Å². The lowest BCUT2D eigenvalue weighted by molar-refractivity contribution is 0.226. The summed E-state index contributed by atoms with van der Waals surface area (Å²) in [5.41, 5.74) is 1.11. The minimum atomic E-state index is 0.526. The first-order valence-electron chi connectivity index (χ1n) is 4.84. The van der Waals surface area contributed by atoms with E-state index in [0.717, 1.165) is 18.8 Å². The second-order valence-corrected chi connectivity index (χ2v) is 4.96. The SMILES string of the molecule is Cc1csc(CN(CCCl)C(C)C)n1. The fraction of sp³-hybridized carbons (Fsp3) is 0.700. The molecule has 0 aromatic carbocycles. The maximum Gasteiger partial charge on any atom is 0.107 e. The Hall–Kier alpha value is -0.120. The standard InChI is InChI=1S/C10H17ClN2S/c1-8(2)13(5-4-11)6-10-12-9(3)7-14-10/h7-8H,4-6H2,1-3H3. The van der Waals surface area contributed by atoms with E-state index in [1.54, 1.807) is 11.3 Å². The summed E-state index contributed by atoms with van der Waals surface area (Å²) in [4.78, 5) is 6.79. The Bertz CT molecular complexity index is 273. The van der Waals surface area contributed by atoms with E-state index in [1.807, 2.05) is 6.92 Å². The van der Waals surface area contributed by atoms with Crippen LogP contribution in [0.3, 0.4) is 0 Å². The van der Waals surface area contributed by atoms with Gasteiger partial charge in [0.15, 0.2) is 0 Å². The van der Waals surface area contributed by atoms with Crippen LogP contribution in [0.2, 0.25) is 0 Å². The van der Waals surface area contributed by atoms with Gasteiger partial charge in [-0.3, -0.25) is 4.90 Å². The average molecular weight is 233 g/mol. The zero-order valence-corrected chi connectivity index (χ0v) is 10.5. The fourth-order valence-electron chi connectivity index (χ4n) is 1.28. The molecule has 0 amide bonds. The Morgan fingerprint density at radius 2 is 2.29 bits per heavy atom. The summed E-state index contributed by atoms with van der Waals surface area (Å²) in [5.74, 6) is 0.683. The van der Waals surface area contributed by atoms with E-state index >= 15 is 0 Å². The van der Waals surface area contributed by atoms with Crippen molar-refractivity contribution in [1.29, 1.82) is 0 Å². The topological polar surface area (TPSA) is 16.1 Å². The van der Waals surface area contributed by atoms with E-state index in [4.69, 9.17) is 11.6 Å². The molecule has 0 N–H and O–H groups in total. The zero-order chi connectivity index (χ0) is 10.6. The van der Waals surface area contributed by atoms with Gasteiger partial charge in [0.25, 0.3) is 0 Å². The molecule has 1 rings (SSSR count). The van der Waals surface area contributed by atoms with E-state index in [1.165, 1.54) is 5.01 Å². The number of alkyl halides is 1. The number of aryl methyl sites for hydroxylation is 1. The smallest absolute Gasteiger partial charge is 0.107 e. The van der Waals surface area contributed by atoms with Gasteiger partial charge >= 0.3 is 0 Å². The molecule has 0 fully saturated rings. The van der Waals surface area contributed by atoms with Gasteiger partial charge in [0.2, 0.25) is 0 Å². The summed E-state index contributed by atoms with van der Waals surface area (Å²) >= 11 is 7.48. The summed E-state index contributed by atoms with van der Waals surface area (Å²) < 4.78 is 0. The molecule has 4 heteroatoms. The Kier molecular flexibility index (Phi) is 4.85. The molecule has 0 spiro atoms. The molecule has 0 bridgehead atoms. The molecule has 0 saturated heterocycles. The molecular formula is C10H17ClN2S. The van der Waals surface area contributed by atoms with Crippen LogP contribution in [0.25, 0.3) is 0 Å². The number of nitrogens with zero attached hydrogens (tertiary/aromatic N) is 2. The monoisotopic (exact) mass is 232 g/mol. The predicted molar refractivity (Wildman–Crippen MR) is 63.1 cm³/mol. The van der Waals surface area contributed by atoms with Crippen LogP contribution >= 0.6 is 22.9 Å². The predicted octanol–water partition coefficient (Wildman–Crippen LogP) is 2.90. The summed E-state index contributed by atoms with van der Waals surface area (Å²) in [6.45, 7) is 8.25. The van der Waals surface area contributed by atoms with E-state index in [-0.39, 0.29) is 0 Å². The maximum absolute atomic E-state index is 5.75. The van der Waals surface area contributed by atoms with E-state index in [9.17, 15) is 0 Å². The Morgan fingerprint density at radius 3 is 2.71 bits per heavy atom. The minimum absolute atomic E-state index is 0.526. The van der Waals surface area contributed by atoms with Crippen molar-refractivity contribution in [2.24, 2.45) is 0 Å². The van der Waals surface area contributed by atoms with Crippen LogP contribution in [-0.2, 0) is 6.54 Å². The molecule has 0 aliphatic heterocycles. The molecule has 0 radical (unpaired) electrons. The van der Waals surface area contributed by atoms with Crippen LogP contribution < -0.4 is 0 Å². The van der Waals surface area contributed by atoms with E-state index in [0.29, 0.717) is 11.9 Å². The van der Waals surface area contributed by atoms with E-state index < -0.39 is 0 Å². The molecule has 0 aliphatic rings. The van der Waals surface area contributed by atoms with Gasteiger partial charge in [0.1, 0.15) is 5.01 Å². The lowest BCUT2D eigenvalue weighted by atomic mass is 10.3. The Labute approximate surface area is 94.9 Å². The molecule has 1 aromatic heterocycles. The lowest BCUT2D eigenvalue weighted by Crippen LogP contribution is -2.32. The van der Waals surface area contributed by atoms with Gasteiger partial charge in [-0.25, -0.2) is 4.98 Å². The van der Waals surface area contributed by atoms with Gasteiger partial charge < -0.3 is 0 Å². The molecule has 2 nitrogen and oxygen atoms in total. The van der Waals surface area contributed by atoms with Crippen molar-refractivity contribution in [3.8, 4) is 0 Å². The van der Waals surface area contributed by atoms with Gasteiger partial charge in [0, 0.05) is 29.5 Å². The number of hydrogen-bond donors (Lipinski definition) is 0. The third-order valence-electron chi connectivity index (χ3n) is 2.11. The highest BCUT2D eigenvalue weighted by atomic mass is 35.5. The third-order valence-corrected chi connectivity index (χ3v) is 3.23. The second kappa shape index (κ2) is 5.69. The first-order chi connectivity index (χ1) is 6.63. The molecule has 1 heterocycles. The van der Waals surface area contributed by atoms with Crippen LogP contribution in [0.4, 0.5) is 0 Å². The van der Waals surface area contributed by atoms with Gasteiger partial charge in [-0.15, -0.1) is 22.9 Å². The number of rotatable bonds is 5. The molecule has 1 aromatic rings. The van der Waals surface area contributed by atoms with Gasteiger partial charge in [-0.2, -0.15) is 0 Å². The molecule has 0 atom stereocenters. The molecule has 14 heavy (non-hydrogen) atoms. The highest BCUT2D eigenvalue weighted by Crippen LogP contribution is 2.13. The summed E-state index contributed by atoms with van der Waals surface area (Å²) in [6.07, 6.45) is 0. The number of halogens is 1. The van der Waals surface area contributed by atoms with Gasteiger partial charge in [0.05, 0.1) is 6.54 Å². The van der Waals surface area contributed by atoms with Crippen LogP contribution in [0.1, 0.15) is 24.5 Å². The summed E-state index contributed by atoms with van der Waals surface area (Å²) in [5, 5.41) is 3.27. The number of aromatic nitrogens is 1. The number of hydrogen-bond acceptors (Lipinski definition) is 3. The Balaban J connectivity index is 2.55. The first kappa shape index (κ1) is 12.0. The van der Waals surface area contributed by atoms with Crippen LogP contribution in [0, 0.1) is 6.92 Å². The van der Waals surface area contributed by atoms with Crippen molar-refractivity contribution in [2.75, 3.05) is 12.4 Å². The van der Waals surface area contributed by atoms with Gasteiger partial charge in [-0.05, 0) is 20.8 Å². The second-order valence-electron chi connectivity index (χ2n) is 3.64. The summed E-state index contributed by atoms with van der Waals surface area (Å²) in [6, 6.07) is 0.526. The highest BCUT2D eigenvalue weighted by molar-refractivity contribution is 7.09. The number of thiazole rings is 1. The normalized spacial score (nSPS) is 11.6. The molecule has 0 saturated carbocycles. The fourth-order valence-corrected chi connectivity index (χ4v) is 2.29. The van der Waals surface area contributed by atoms with Crippen molar-refractivity contribution in [2.45, 2.75) is 33.4 Å². The van der Waals surface area contributed by atoms with E-state index in [2.05, 4.69) is 29.1 Å². The largest absolute Gasteiger partial charge is 0.293 e. The van der Waals surface area contributed by atoms with Crippen molar-refractivity contribution in [3.05, 3.63) is 16.1 Å². The first-order valence-corrected chi connectivity index (χ1v) is 6.26. The molecule has 80 valence electrons. The van der Waals surface area contributed by atoms with Gasteiger partial charge in [-0.1, -0.05) is 0 Å². The quantitative estimate of drug-likeness (QED) is 0.726. The average Bonchev–Trinajstić information content (AvgIpc) is 2.50. The lowest BCUT2D eigenvalue weighted by Gasteiger charge is -2.24. The molecular weight excluding hydrogens is 216 g/mol. The van der Waals surface area contributed by atoms with Crippen LogP contribution in [-0.4, -0.2) is 28.4 Å². The highest BCUT2D eigenvalue weighted by Gasteiger charge is 2.10. The zero-order valence-electron chi connectivity index (χ0n) is 8.96. The molecule has 0 unspecified atom stereocenters. The summed E-state index contributed by atoms with van der Waals surface area (Å²) in [7, 11) is 0. The maximum atomic E-state index is 5.75. The van der Waals surface area contributed by atoms with Crippen molar-refractivity contribution in [1.82, 2.24) is 9.88 Å². The van der Waals surface area contributed by atoms with Crippen LogP contribution in [0.5, 0.6) is 0 Å². The van der Waals surface area contributed by atoms with Crippen molar-refractivity contribution < 1.29 is 0 Å².